The summed E-state index contributed by atoms with van der Waals surface area (Å²) >= 11 is 5.07. The van der Waals surface area contributed by atoms with E-state index in [9.17, 15) is 4.79 Å². The van der Waals surface area contributed by atoms with Crippen LogP contribution in [0.2, 0.25) is 0 Å². The van der Waals surface area contributed by atoms with Gasteiger partial charge in [-0.25, -0.2) is 9.78 Å². The molecule has 0 aliphatic heterocycles. The number of urea groups is 1. The van der Waals surface area contributed by atoms with Crippen LogP contribution in [0.4, 0.5) is 4.79 Å². The lowest BCUT2D eigenvalue weighted by molar-refractivity contribution is 0.233. The first-order valence-electron chi connectivity index (χ1n) is 7.87. The molecule has 0 radical (unpaired) electrons. The standard InChI is InChI=1S/C17H20BrN3OS/c1-11(16-9-23-10-19-16)20-17(22)21-15-5-3-2-4-12-8-13(18)6-7-14(12)15/h6-11,15H,2-5H2,1H3,(H2,20,21,22). The Bertz CT molecular complexity index is 674. The number of hydrogen-bond donors (Lipinski definition) is 2. The average Bonchev–Trinajstić information content (AvgIpc) is 2.98. The number of carbonyl (C=O) groups excluding carboxylic acids is 1. The van der Waals surface area contributed by atoms with Crippen molar-refractivity contribution in [1.82, 2.24) is 15.6 Å². The molecule has 2 N–H and O–H groups in total. The predicted molar refractivity (Wildman–Crippen MR) is 96.6 cm³/mol. The van der Waals surface area contributed by atoms with Gasteiger partial charge in [0.15, 0.2) is 0 Å². The van der Waals surface area contributed by atoms with E-state index in [2.05, 4.69) is 49.7 Å². The molecule has 0 bridgehead atoms. The Balaban J connectivity index is 1.68. The molecule has 0 fully saturated rings. The molecule has 6 heteroatoms. The van der Waals surface area contributed by atoms with E-state index in [0.29, 0.717) is 0 Å². The fourth-order valence-electron chi connectivity index (χ4n) is 3.01. The fourth-order valence-corrected chi connectivity index (χ4v) is 4.06. The SMILES string of the molecule is CC(NC(=O)NC1CCCCc2cc(Br)ccc21)c1cscn1. The Labute approximate surface area is 148 Å². The van der Waals surface area contributed by atoms with Crippen molar-refractivity contribution in [2.75, 3.05) is 0 Å². The van der Waals surface area contributed by atoms with Crippen molar-refractivity contribution < 1.29 is 4.79 Å². The van der Waals surface area contributed by atoms with E-state index in [0.717, 1.165) is 29.4 Å². The Morgan fingerprint density at radius 3 is 3.09 bits per heavy atom. The van der Waals surface area contributed by atoms with Gasteiger partial charge in [0.1, 0.15) is 0 Å². The molecule has 23 heavy (non-hydrogen) atoms. The number of benzene rings is 1. The van der Waals surface area contributed by atoms with Gasteiger partial charge in [0, 0.05) is 9.85 Å². The number of hydrogen-bond acceptors (Lipinski definition) is 3. The zero-order valence-electron chi connectivity index (χ0n) is 13.0. The molecule has 2 atom stereocenters. The van der Waals surface area contributed by atoms with E-state index in [1.165, 1.54) is 28.9 Å². The number of aromatic nitrogens is 1. The number of rotatable bonds is 3. The highest BCUT2D eigenvalue weighted by Gasteiger charge is 2.21. The third kappa shape index (κ3) is 4.12. The van der Waals surface area contributed by atoms with Crippen LogP contribution in [-0.2, 0) is 6.42 Å². The number of fused-ring (bicyclic) bond motifs is 1. The summed E-state index contributed by atoms with van der Waals surface area (Å²) in [6.45, 7) is 1.95. The van der Waals surface area contributed by atoms with Gasteiger partial charge in [0.05, 0.1) is 23.3 Å². The number of aryl methyl sites for hydroxylation is 1. The largest absolute Gasteiger partial charge is 0.331 e. The van der Waals surface area contributed by atoms with E-state index >= 15 is 0 Å². The fraction of sp³-hybridized carbons (Fsp3) is 0.412. The van der Waals surface area contributed by atoms with Gasteiger partial charge in [0.25, 0.3) is 0 Å². The smallest absolute Gasteiger partial charge is 0.315 e. The van der Waals surface area contributed by atoms with Crippen molar-refractivity contribution >= 4 is 33.3 Å². The highest BCUT2D eigenvalue weighted by Crippen LogP contribution is 2.30. The topological polar surface area (TPSA) is 54.0 Å². The van der Waals surface area contributed by atoms with E-state index in [1.807, 2.05) is 12.3 Å². The molecular formula is C17H20BrN3OS. The summed E-state index contributed by atoms with van der Waals surface area (Å²) in [5, 5.41) is 8.08. The zero-order chi connectivity index (χ0) is 16.2. The lowest BCUT2D eigenvalue weighted by Gasteiger charge is -2.21. The molecule has 1 aromatic heterocycles. The number of halogens is 1. The van der Waals surface area contributed by atoms with E-state index in [-0.39, 0.29) is 18.1 Å². The first-order valence-corrected chi connectivity index (χ1v) is 9.60. The van der Waals surface area contributed by atoms with Crippen LogP contribution in [0.15, 0.2) is 33.6 Å². The van der Waals surface area contributed by atoms with E-state index in [4.69, 9.17) is 0 Å². The predicted octanol–water partition coefficient (Wildman–Crippen LogP) is 4.73. The summed E-state index contributed by atoms with van der Waals surface area (Å²) in [6, 6.07) is 6.20. The number of amides is 2. The van der Waals surface area contributed by atoms with Crippen LogP contribution in [0.1, 0.15) is 55.1 Å². The molecule has 3 rings (SSSR count). The van der Waals surface area contributed by atoms with Crippen LogP contribution in [0.25, 0.3) is 0 Å². The van der Waals surface area contributed by atoms with Crippen LogP contribution in [0.5, 0.6) is 0 Å². The van der Waals surface area contributed by atoms with Crippen molar-refractivity contribution in [2.45, 2.75) is 44.7 Å². The van der Waals surface area contributed by atoms with Crippen molar-refractivity contribution in [3.8, 4) is 0 Å². The van der Waals surface area contributed by atoms with Gasteiger partial charge in [-0.15, -0.1) is 11.3 Å². The minimum atomic E-state index is -0.133. The summed E-state index contributed by atoms with van der Waals surface area (Å²) in [7, 11) is 0. The minimum absolute atomic E-state index is 0.0724. The van der Waals surface area contributed by atoms with Crippen LogP contribution in [-0.4, -0.2) is 11.0 Å². The second-order valence-electron chi connectivity index (χ2n) is 5.89. The van der Waals surface area contributed by atoms with E-state index < -0.39 is 0 Å². The number of nitrogens with zero attached hydrogens (tertiary/aromatic N) is 1. The molecule has 2 aromatic rings. The molecule has 2 amide bonds. The lowest BCUT2D eigenvalue weighted by atomic mass is 9.99. The highest BCUT2D eigenvalue weighted by molar-refractivity contribution is 9.10. The summed E-state index contributed by atoms with van der Waals surface area (Å²) in [5.74, 6) is 0. The summed E-state index contributed by atoms with van der Waals surface area (Å²) in [6.07, 6.45) is 4.34. The van der Waals surface area contributed by atoms with Crippen molar-refractivity contribution in [3.05, 3.63) is 50.4 Å². The molecule has 0 spiro atoms. The number of nitrogens with one attached hydrogen (secondary N) is 2. The molecule has 1 aliphatic carbocycles. The monoisotopic (exact) mass is 393 g/mol. The van der Waals surface area contributed by atoms with Crippen molar-refractivity contribution in [1.29, 1.82) is 0 Å². The van der Waals surface area contributed by atoms with Crippen molar-refractivity contribution in [2.24, 2.45) is 0 Å². The molecule has 1 heterocycles. The van der Waals surface area contributed by atoms with Gasteiger partial charge in [-0.2, -0.15) is 0 Å². The maximum atomic E-state index is 12.4. The molecule has 1 aromatic carbocycles. The lowest BCUT2D eigenvalue weighted by Crippen LogP contribution is -2.39. The van der Waals surface area contributed by atoms with Crippen LogP contribution >= 0.6 is 27.3 Å². The van der Waals surface area contributed by atoms with Crippen LogP contribution < -0.4 is 10.6 Å². The van der Waals surface area contributed by atoms with Gasteiger partial charge in [0.2, 0.25) is 0 Å². The van der Waals surface area contributed by atoms with Gasteiger partial charge in [-0.3, -0.25) is 0 Å². The van der Waals surface area contributed by atoms with Gasteiger partial charge in [-0.05, 0) is 49.4 Å². The van der Waals surface area contributed by atoms with E-state index in [1.54, 1.807) is 5.51 Å². The second kappa shape index (κ2) is 7.45. The molecule has 4 nitrogen and oxygen atoms in total. The summed E-state index contributed by atoms with van der Waals surface area (Å²) < 4.78 is 1.10. The first-order chi connectivity index (χ1) is 11.1. The third-order valence-corrected chi connectivity index (χ3v) is 5.32. The molecule has 0 saturated carbocycles. The second-order valence-corrected chi connectivity index (χ2v) is 7.53. The summed E-state index contributed by atoms with van der Waals surface area (Å²) in [5.41, 5.74) is 5.25. The Morgan fingerprint density at radius 2 is 2.30 bits per heavy atom. The van der Waals surface area contributed by atoms with Crippen LogP contribution in [0.3, 0.4) is 0 Å². The Hall–Kier alpha value is -1.40. The maximum absolute atomic E-state index is 12.4. The summed E-state index contributed by atoms with van der Waals surface area (Å²) in [4.78, 5) is 16.6. The van der Waals surface area contributed by atoms with Crippen molar-refractivity contribution in [3.63, 3.8) is 0 Å². The Morgan fingerprint density at radius 1 is 1.43 bits per heavy atom. The number of thiazole rings is 1. The maximum Gasteiger partial charge on any atom is 0.315 e. The minimum Gasteiger partial charge on any atom is -0.331 e. The first kappa shape index (κ1) is 16.5. The normalized spacial score (nSPS) is 18.6. The van der Waals surface area contributed by atoms with Gasteiger partial charge < -0.3 is 10.6 Å². The van der Waals surface area contributed by atoms with Crippen LogP contribution in [0, 0.1) is 0 Å². The quantitative estimate of drug-likeness (QED) is 0.740. The van der Waals surface area contributed by atoms with Gasteiger partial charge in [-0.1, -0.05) is 28.4 Å². The highest BCUT2D eigenvalue weighted by atomic mass is 79.9. The third-order valence-electron chi connectivity index (χ3n) is 4.22. The number of carbonyl (C=O) groups is 1. The average molecular weight is 394 g/mol. The van der Waals surface area contributed by atoms with Gasteiger partial charge >= 0.3 is 6.03 Å². The molecule has 122 valence electrons. The zero-order valence-corrected chi connectivity index (χ0v) is 15.4. The molecule has 1 aliphatic rings. The Kier molecular flexibility index (Phi) is 5.33. The molecular weight excluding hydrogens is 374 g/mol. The molecule has 2 unspecified atom stereocenters. The molecule has 0 saturated heterocycles.